The molecule has 0 saturated heterocycles. The van der Waals surface area contributed by atoms with Crippen LogP contribution in [0.15, 0.2) is 58.3 Å². The molecule has 0 aliphatic heterocycles. The molecule has 2 rings (SSSR count). The molecule has 0 atom stereocenters. The molecule has 2 aromatic rings. The van der Waals surface area contributed by atoms with E-state index in [0.717, 1.165) is 11.1 Å². The second kappa shape index (κ2) is 13.0. The third kappa shape index (κ3) is 7.63. The molecule has 0 radical (unpaired) electrons. The summed E-state index contributed by atoms with van der Waals surface area (Å²) in [6, 6.07) is 13.4. The van der Waals surface area contributed by atoms with Gasteiger partial charge in [0.25, 0.3) is 0 Å². The summed E-state index contributed by atoms with van der Waals surface area (Å²) in [6.45, 7) is 7.00. The molecule has 8 nitrogen and oxygen atoms in total. The molecule has 0 aromatic heterocycles. The molecule has 0 heterocycles. The van der Waals surface area contributed by atoms with Crippen molar-refractivity contribution >= 4 is 26.5 Å². The minimum absolute atomic E-state index is 0.192. The number of benzene rings is 2. The van der Waals surface area contributed by atoms with Crippen LogP contribution in [0.4, 0.5) is 0 Å². The Hall–Kier alpha value is -2.27. The quantitative estimate of drug-likeness (QED) is 0.294. The van der Waals surface area contributed by atoms with Crippen molar-refractivity contribution in [2.45, 2.75) is 49.8 Å². The third-order valence-electron chi connectivity index (χ3n) is 5.55. The Labute approximate surface area is 204 Å². The number of hydrogen-bond donors (Lipinski definition) is 1. The Morgan fingerprint density at radius 2 is 1.15 bits per heavy atom. The zero-order valence-corrected chi connectivity index (χ0v) is 21.7. The highest BCUT2D eigenvalue weighted by molar-refractivity contribution is 7.89. The van der Waals surface area contributed by atoms with Crippen molar-refractivity contribution in [3.8, 4) is 0 Å². The van der Waals surface area contributed by atoms with Gasteiger partial charge in [0.05, 0.1) is 9.79 Å². The highest BCUT2D eigenvalue weighted by atomic mass is 32.2. The van der Waals surface area contributed by atoms with Crippen LogP contribution >= 0.6 is 0 Å². The van der Waals surface area contributed by atoms with Crippen LogP contribution in [0.2, 0.25) is 0 Å². The van der Waals surface area contributed by atoms with E-state index in [2.05, 4.69) is 5.32 Å². The van der Waals surface area contributed by atoms with Gasteiger partial charge >= 0.3 is 0 Å². The summed E-state index contributed by atoms with van der Waals surface area (Å²) >= 11 is 0. The predicted octanol–water partition coefficient (Wildman–Crippen LogP) is 2.92. The largest absolute Gasteiger partial charge is 0.359 e. The molecule has 188 valence electrons. The molecule has 0 aliphatic rings. The number of hydrogen-bond acceptors (Lipinski definition) is 5. The van der Waals surface area contributed by atoms with Gasteiger partial charge in [-0.15, -0.1) is 0 Å². The molecular weight excluding hydrogens is 474 g/mol. The second-order valence-electron chi connectivity index (χ2n) is 8.16. The molecule has 0 fully saturated rings. The average molecular weight is 510 g/mol. The summed E-state index contributed by atoms with van der Waals surface area (Å²) in [5.41, 5.74) is 1.94. The molecule has 2 aromatic carbocycles. The average Bonchev–Trinajstić information content (AvgIpc) is 2.80. The van der Waals surface area contributed by atoms with Gasteiger partial charge < -0.3 is 5.32 Å². The van der Waals surface area contributed by atoms with Crippen LogP contribution in [0, 0.1) is 13.8 Å². The van der Waals surface area contributed by atoms with Gasteiger partial charge in [0, 0.05) is 32.7 Å². The molecule has 0 spiro atoms. The van der Waals surface area contributed by atoms with Crippen molar-refractivity contribution in [2.75, 3.05) is 32.7 Å². The summed E-state index contributed by atoms with van der Waals surface area (Å²) < 4.78 is 55.4. The normalized spacial score (nSPS) is 12.3. The van der Waals surface area contributed by atoms with Crippen LogP contribution < -0.4 is 5.32 Å². The van der Waals surface area contributed by atoms with Crippen LogP contribution in [0.3, 0.4) is 0 Å². The predicted molar refractivity (Wildman–Crippen MR) is 133 cm³/mol. The maximum absolute atomic E-state index is 13.3. The highest BCUT2D eigenvalue weighted by Crippen LogP contribution is 2.20. The molecule has 10 heteroatoms. The van der Waals surface area contributed by atoms with Crippen molar-refractivity contribution in [1.82, 2.24) is 13.9 Å². The lowest BCUT2D eigenvalue weighted by Gasteiger charge is -2.25. The number of unbranched alkanes of at least 4 members (excludes halogenated alkanes) is 1. The van der Waals surface area contributed by atoms with Crippen LogP contribution in [-0.4, -0.2) is 64.6 Å². The molecule has 0 aliphatic carbocycles. The van der Waals surface area contributed by atoms with E-state index in [0.29, 0.717) is 32.2 Å². The number of nitrogens with zero attached hydrogens (tertiary/aromatic N) is 2. The highest BCUT2D eigenvalue weighted by Gasteiger charge is 2.26. The summed E-state index contributed by atoms with van der Waals surface area (Å²) in [4.78, 5) is 10.9. The van der Waals surface area contributed by atoms with Gasteiger partial charge in [-0.1, -0.05) is 42.3 Å². The number of rotatable bonds is 15. The van der Waals surface area contributed by atoms with Gasteiger partial charge in [0.15, 0.2) is 0 Å². The van der Waals surface area contributed by atoms with Crippen molar-refractivity contribution in [2.24, 2.45) is 0 Å². The monoisotopic (exact) mass is 509 g/mol. The molecule has 0 bridgehead atoms. The Morgan fingerprint density at radius 3 is 1.62 bits per heavy atom. The zero-order valence-electron chi connectivity index (χ0n) is 20.1. The van der Waals surface area contributed by atoms with Crippen LogP contribution in [0.25, 0.3) is 0 Å². The Morgan fingerprint density at radius 1 is 0.706 bits per heavy atom. The van der Waals surface area contributed by atoms with Crippen LogP contribution in [0.5, 0.6) is 0 Å². The lowest BCUT2D eigenvalue weighted by atomic mass is 10.2. The molecule has 34 heavy (non-hydrogen) atoms. The van der Waals surface area contributed by atoms with Crippen molar-refractivity contribution in [1.29, 1.82) is 0 Å². The summed E-state index contributed by atoms with van der Waals surface area (Å²) in [5, 5.41) is 2.58. The van der Waals surface area contributed by atoms with Crippen molar-refractivity contribution in [3.05, 3.63) is 59.7 Å². The van der Waals surface area contributed by atoms with Crippen LogP contribution in [-0.2, 0) is 24.8 Å². The fourth-order valence-corrected chi connectivity index (χ4v) is 6.52. The lowest BCUT2D eigenvalue weighted by molar-refractivity contribution is -0.109. The zero-order chi connectivity index (χ0) is 25.2. The van der Waals surface area contributed by atoms with Gasteiger partial charge in [-0.05, 0) is 57.4 Å². The maximum Gasteiger partial charge on any atom is 0.243 e. The molecular formula is C24H35N3O5S2. The Bertz CT molecular complexity index is 1120. The van der Waals surface area contributed by atoms with E-state index in [1.807, 2.05) is 13.8 Å². The van der Waals surface area contributed by atoms with Gasteiger partial charge in [-0.2, -0.15) is 8.61 Å². The number of nitrogens with one attached hydrogen (secondary N) is 1. The van der Waals surface area contributed by atoms with Crippen molar-refractivity contribution in [3.63, 3.8) is 0 Å². The maximum atomic E-state index is 13.3. The summed E-state index contributed by atoms with van der Waals surface area (Å²) in [5.74, 6) is 0. The molecule has 1 amide bonds. The number of carbonyl (C=O) groups is 1. The smallest absolute Gasteiger partial charge is 0.243 e. The standard InChI is InChI=1S/C24H35N3O5S2/c1-4-26(33(29,30)23-12-8-21(2)9-13-23)18-7-19-27(17-6-5-16-25-20-28)34(31,32)24-14-10-22(3)11-15-24/h8-15,20H,4-7,16-19H2,1-3H3,(H,25,28). The van der Waals surface area contributed by atoms with Gasteiger partial charge in [-0.3, -0.25) is 4.79 Å². The topological polar surface area (TPSA) is 104 Å². The number of aryl methyl sites for hydroxylation is 2. The van der Waals surface area contributed by atoms with E-state index in [4.69, 9.17) is 0 Å². The summed E-state index contributed by atoms with van der Waals surface area (Å²) in [6.07, 6.45) is 2.19. The fourth-order valence-electron chi connectivity index (χ4n) is 3.52. The van der Waals surface area contributed by atoms with E-state index in [9.17, 15) is 21.6 Å². The van der Waals surface area contributed by atoms with Gasteiger partial charge in [-0.25, -0.2) is 16.8 Å². The summed E-state index contributed by atoms with van der Waals surface area (Å²) in [7, 11) is -7.39. The minimum atomic E-state index is -3.73. The molecule has 0 saturated carbocycles. The molecule has 1 N–H and O–H groups in total. The first kappa shape index (κ1) is 28.0. The van der Waals surface area contributed by atoms with E-state index < -0.39 is 20.0 Å². The Kier molecular flexibility index (Phi) is 10.7. The SMILES string of the molecule is CCN(CCCN(CCCCNC=O)S(=O)(=O)c1ccc(C)cc1)S(=O)(=O)c1ccc(C)cc1. The number of carbonyl (C=O) groups excluding carboxylic acids is 1. The lowest BCUT2D eigenvalue weighted by Crippen LogP contribution is -2.37. The minimum Gasteiger partial charge on any atom is -0.359 e. The first-order valence-corrected chi connectivity index (χ1v) is 14.3. The number of sulfonamides is 2. The van der Waals surface area contributed by atoms with E-state index in [1.54, 1.807) is 55.5 Å². The van der Waals surface area contributed by atoms with Gasteiger partial charge in [0.2, 0.25) is 26.5 Å². The number of amides is 1. The fraction of sp³-hybridized carbons (Fsp3) is 0.458. The van der Waals surface area contributed by atoms with E-state index >= 15 is 0 Å². The molecule has 0 unspecified atom stereocenters. The Balaban J connectivity index is 2.12. The van der Waals surface area contributed by atoms with Crippen LogP contribution in [0.1, 0.15) is 37.3 Å². The van der Waals surface area contributed by atoms with E-state index in [-0.39, 0.29) is 36.0 Å². The van der Waals surface area contributed by atoms with Crippen molar-refractivity contribution < 1.29 is 21.6 Å². The van der Waals surface area contributed by atoms with E-state index in [1.165, 1.54) is 8.61 Å². The van der Waals surface area contributed by atoms with Gasteiger partial charge in [0.1, 0.15) is 0 Å². The first-order chi connectivity index (χ1) is 16.1. The second-order valence-corrected chi connectivity index (χ2v) is 12.0. The first-order valence-electron chi connectivity index (χ1n) is 11.4. The third-order valence-corrected chi connectivity index (χ3v) is 9.45.